The largest absolute Gasteiger partial charge is 0.493 e. The van der Waals surface area contributed by atoms with E-state index in [0.29, 0.717) is 24.5 Å². The highest BCUT2D eigenvalue weighted by Gasteiger charge is 2.30. The summed E-state index contributed by atoms with van der Waals surface area (Å²) in [5.74, 6) is 1.13. The lowest BCUT2D eigenvalue weighted by molar-refractivity contribution is -0.122. The molecule has 35 heavy (non-hydrogen) atoms. The number of anilines is 1. The number of amides is 1. The van der Waals surface area contributed by atoms with Crippen molar-refractivity contribution in [1.82, 2.24) is 16.3 Å². The minimum absolute atomic E-state index is 0.0506. The van der Waals surface area contributed by atoms with E-state index in [1.807, 2.05) is 91.8 Å². The molecule has 3 aromatic rings. The molecular weight excluding hydrogens is 442 g/mol. The molecule has 0 saturated carbocycles. The number of hydrazine groups is 1. The summed E-state index contributed by atoms with van der Waals surface area (Å²) >= 11 is 0. The second-order valence-electron chi connectivity index (χ2n) is 8.53. The van der Waals surface area contributed by atoms with Gasteiger partial charge in [0, 0.05) is 25.8 Å². The van der Waals surface area contributed by atoms with Gasteiger partial charge in [0.15, 0.2) is 11.5 Å². The quantitative estimate of drug-likeness (QED) is 0.326. The predicted octanol–water partition coefficient (Wildman–Crippen LogP) is 3.40. The van der Waals surface area contributed by atoms with Crippen molar-refractivity contribution >= 4 is 17.8 Å². The van der Waals surface area contributed by atoms with Crippen molar-refractivity contribution in [3.63, 3.8) is 0 Å². The summed E-state index contributed by atoms with van der Waals surface area (Å²) in [5, 5.41) is 4.10. The van der Waals surface area contributed by atoms with Gasteiger partial charge in [-0.1, -0.05) is 48.5 Å². The highest BCUT2D eigenvalue weighted by atomic mass is 16.5. The number of nitrogens with zero attached hydrogens (tertiary/aromatic N) is 2. The Kier molecular flexibility index (Phi) is 7.97. The SMILES string of the molecule is COc1cc(C2CC(C(=O)N/N=C/c3ccc(N(C)C)cc3)NN2)ccc1OCc1ccccc1. The Balaban J connectivity index is 1.31. The van der Waals surface area contributed by atoms with E-state index in [1.54, 1.807) is 13.3 Å². The summed E-state index contributed by atoms with van der Waals surface area (Å²) in [6.07, 6.45) is 2.21. The fourth-order valence-corrected chi connectivity index (χ4v) is 3.81. The van der Waals surface area contributed by atoms with E-state index in [0.717, 1.165) is 22.4 Å². The Morgan fingerprint density at radius 1 is 1.06 bits per heavy atom. The van der Waals surface area contributed by atoms with Crippen LogP contribution in [0.3, 0.4) is 0 Å². The molecule has 1 saturated heterocycles. The number of hydrogen-bond donors (Lipinski definition) is 3. The van der Waals surface area contributed by atoms with Crippen molar-refractivity contribution in [2.45, 2.75) is 25.1 Å². The lowest BCUT2D eigenvalue weighted by atomic mass is 10.0. The van der Waals surface area contributed by atoms with Gasteiger partial charge in [-0.3, -0.25) is 4.79 Å². The van der Waals surface area contributed by atoms with Crippen LogP contribution >= 0.6 is 0 Å². The normalized spacial score (nSPS) is 17.3. The lowest BCUT2D eigenvalue weighted by Gasteiger charge is -2.15. The van der Waals surface area contributed by atoms with Crippen LogP contribution in [0.15, 0.2) is 77.9 Å². The number of benzene rings is 3. The molecule has 3 N–H and O–H groups in total. The van der Waals surface area contributed by atoms with Gasteiger partial charge < -0.3 is 14.4 Å². The Bertz CT molecular complexity index is 1150. The van der Waals surface area contributed by atoms with Crippen molar-refractivity contribution in [3.8, 4) is 11.5 Å². The van der Waals surface area contributed by atoms with E-state index in [9.17, 15) is 4.79 Å². The molecule has 8 heteroatoms. The molecule has 1 heterocycles. The van der Waals surface area contributed by atoms with Crippen LogP contribution in [0.5, 0.6) is 11.5 Å². The molecule has 2 unspecified atom stereocenters. The van der Waals surface area contributed by atoms with E-state index in [4.69, 9.17) is 9.47 Å². The molecule has 0 radical (unpaired) electrons. The van der Waals surface area contributed by atoms with Crippen LogP contribution in [0.1, 0.15) is 29.2 Å². The van der Waals surface area contributed by atoms with E-state index in [2.05, 4.69) is 21.4 Å². The van der Waals surface area contributed by atoms with Crippen molar-refractivity contribution in [2.24, 2.45) is 5.10 Å². The summed E-state index contributed by atoms with van der Waals surface area (Å²) < 4.78 is 11.5. The minimum atomic E-state index is -0.409. The summed E-state index contributed by atoms with van der Waals surface area (Å²) in [4.78, 5) is 14.6. The van der Waals surface area contributed by atoms with Crippen molar-refractivity contribution in [2.75, 3.05) is 26.1 Å². The van der Waals surface area contributed by atoms with Crippen molar-refractivity contribution in [1.29, 1.82) is 0 Å². The van der Waals surface area contributed by atoms with E-state index < -0.39 is 6.04 Å². The fourth-order valence-electron chi connectivity index (χ4n) is 3.81. The number of ether oxygens (including phenoxy) is 2. The van der Waals surface area contributed by atoms with E-state index in [1.165, 1.54) is 0 Å². The number of methoxy groups -OCH3 is 1. The van der Waals surface area contributed by atoms with Crippen molar-refractivity contribution in [3.05, 3.63) is 89.5 Å². The molecule has 3 aromatic carbocycles. The standard InChI is InChI=1S/C27H31N5O3/c1-32(2)22-12-9-19(10-13-22)17-28-31-27(33)24-16-23(29-30-24)21-11-14-25(26(15-21)34-3)35-18-20-7-5-4-6-8-20/h4-15,17,23-24,29-30H,16,18H2,1-3H3,(H,31,33)/b28-17+. The summed E-state index contributed by atoms with van der Waals surface area (Å²) in [6, 6.07) is 23.3. The number of hydrogen-bond acceptors (Lipinski definition) is 7. The number of hydrazone groups is 1. The zero-order valence-corrected chi connectivity index (χ0v) is 20.2. The molecule has 1 amide bonds. The van der Waals surface area contributed by atoms with Crippen LogP contribution in [0, 0.1) is 0 Å². The summed E-state index contributed by atoms with van der Waals surface area (Å²) in [5.41, 5.74) is 13.0. The molecule has 8 nitrogen and oxygen atoms in total. The molecular formula is C27H31N5O3. The van der Waals surface area contributed by atoms with Crippen LogP contribution in [0.25, 0.3) is 0 Å². The molecule has 0 spiro atoms. The number of carbonyl (C=O) groups is 1. The number of rotatable bonds is 9. The lowest BCUT2D eigenvalue weighted by Crippen LogP contribution is -2.41. The Labute approximate surface area is 205 Å². The van der Waals surface area contributed by atoms with E-state index >= 15 is 0 Å². The molecule has 1 aliphatic heterocycles. The average Bonchev–Trinajstić information content (AvgIpc) is 3.39. The molecule has 182 valence electrons. The van der Waals surface area contributed by atoms with Gasteiger partial charge in [-0.25, -0.2) is 16.3 Å². The molecule has 1 fully saturated rings. The average molecular weight is 474 g/mol. The molecule has 0 bridgehead atoms. The third-order valence-electron chi connectivity index (χ3n) is 5.84. The van der Waals surface area contributed by atoms with E-state index in [-0.39, 0.29) is 11.9 Å². The first-order chi connectivity index (χ1) is 17.0. The predicted molar refractivity (Wildman–Crippen MR) is 138 cm³/mol. The molecule has 1 aliphatic rings. The van der Waals surface area contributed by atoms with Gasteiger partial charge in [-0.05, 0) is 47.4 Å². The highest BCUT2D eigenvalue weighted by Crippen LogP contribution is 2.33. The van der Waals surface area contributed by atoms with Gasteiger partial charge in [-0.15, -0.1) is 0 Å². The summed E-state index contributed by atoms with van der Waals surface area (Å²) in [6.45, 7) is 0.461. The first-order valence-corrected chi connectivity index (χ1v) is 11.5. The zero-order valence-electron chi connectivity index (χ0n) is 20.2. The first kappa shape index (κ1) is 24.3. The van der Waals surface area contributed by atoms with Crippen molar-refractivity contribution < 1.29 is 14.3 Å². The molecule has 0 aromatic heterocycles. The van der Waals surface area contributed by atoms with Gasteiger partial charge in [0.25, 0.3) is 5.91 Å². The van der Waals surface area contributed by atoms with Crippen LogP contribution in [0.4, 0.5) is 5.69 Å². The smallest absolute Gasteiger partial charge is 0.258 e. The second kappa shape index (κ2) is 11.5. The van der Waals surface area contributed by atoms with Gasteiger partial charge in [-0.2, -0.15) is 5.10 Å². The van der Waals surface area contributed by atoms with Crippen LogP contribution in [-0.2, 0) is 11.4 Å². The van der Waals surface area contributed by atoms with Crippen LogP contribution in [-0.4, -0.2) is 39.4 Å². The van der Waals surface area contributed by atoms with Gasteiger partial charge in [0.1, 0.15) is 12.6 Å². The maximum absolute atomic E-state index is 12.6. The number of nitrogens with one attached hydrogen (secondary N) is 3. The maximum Gasteiger partial charge on any atom is 0.258 e. The van der Waals surface area contributed by atoms with Gasteiger partial charge in [0.2, 0.25) is 0 Å². The molecule has 4 rings (SSSR count). The van der Waals surface area contributed by atoms with Crippen LogP contribution in [0.2, 0.25) is 0 Å². The van der Waals surface area contributed by atoms with Gasteiger partial charge in [0.05, 0.1) is 13.3 Å². The van der Waals surface area contributed by atoms with Crippen LogP contribution < -0.4 is 30.7 Å². The molecule has 0 aliphatic carbocycles. The topological polar surface area (TPSA) is 87.2 Å². The Hall–Kier alpha value is -3.88. The third-order valence-corrected chi connectivity index (χ3v) is 5.84. The third kappa shape index (κ3) is 6.38. The first-order valence-electron chi connectivity index (χ1n) is 11.5. The second-order valence-corrected chi connectivity index (χ2v) is 8.53. The molecule has 2 atom stereocenters. The Morgan fingerprint density at radius 2 is 1.83 bits per heavy atom. The Morgan fingerprint density at radius 3 is 2.54 bits per heavy atom. The minimum Gasteiger partial charge on any atom is -0.493 e. The van der Waals surface area contributed by atoms with Gasteiger partial charge >= 0.3 is 0 Å². The zero-order chi connectivity index (χ0) is 24.6. The fraction of sp³-hybridized carbons (Fsp3) is 0.259. The maximum atomic E-state index is 12.6. The number of carbonyl (C=O) groups excluding carboxylic acids is 1. The monoisotopic (exact) mass is 473 g/mol. The highest BCUT2D eigenvalue weighted by molar-refractivity contribution is 5.85. The summed E-state index contributed by atoms with van der Waals surface area (Å²) in [7, 11) is 5.60.